The van der Waals surface area contributed by atoms with Crippen LogP contribution in [0.25, 0.3) is 0 Å². The number of unbranched alkanes of at least 4 members (excludes halogenated alkanes) is 11. The topological polar surface area (TPSA) is 109 Å². The Morgan fingerprint density at radius 1 is 1.03 bits per heavy atom. The molecule has 3 N–H and O–H groups in total. The van der Waals surface area contributed by atoms with Gasteiger partial charge in [0.1, 0.15) is 0 Å². The molecule has 0 bridgehead atoms. The first-order valence-corrected chi connectivity index (χ1v) is 14.1. The smallest absolute Gasteiger partial charge is 0.469 e. The summed E-state index contributed by atoms with van der Waals surface area (Å²) in [6, 6.07) is 1.23. The predicted octanol–water partition coefficient (Wildman–Crippen LogP) is 6.45. The third kappa shape index (κ3) is 18.7. The second kappa shape index (κ2) is 19.0. The van der Waals surface area contributed by atoms with E-state index >= 15 is 0 Å². The summed E-state index contributed by atoms with van der Waals surface area (Å²) in [5.41, 5.74) is 0.829. The fraction of sp³-hybridized carbons (Fsp3) is 0.720. The minimum absolute atomic E-state index is 0.129. The van der Waals surface area contributed by atoms with Crippen LogP contribution in [0.4, 0.5) is 0 Å². The lowest BCUT2D eigenvalue weighted by molar-refractivity contribution is -0.122. The number of rotatable bonds is 21. The van der Waals surface area contributed by atoms with Crippen LogP contribution >= 0.6 is 7.82 Å². The lowest BCUT2D eigenvalue weighted by Gasteiger charge is -2.18. The van der Waals surface area contributed by atoms with E-state index in [2.05, 4.69) is 28.9 Å². The Hall–Kier alpha value is -1.40. The lowest BCUT2D eigenvalue weighted by atomic mass is 10.1. The van der Waals surface area contributed by atoms with Gasteiger partial charge in [-0.1, -0.05) is 70.4 Å². The molecule has 8 heteroatoms. The Labute approximate surface area is 199 Å². The van der Waals surface area contributed by atoms with Crippen molar-refractivity contribution >= 4 is 13.7 Å². The summed E-state index contributed by atoms with van der Waals surface area (Å²) >= 11 is 0. The number of carbonyl (C=O) groups excluding carboxylic acids is 1. The molecule has 190 valence electrons. The summed E-state index contributed by atoms with van der Waals surface area (Å²) in [5, 5.41) is 2.82. The molecule has 0 saturated carbocycles. The summed E-state index contributed by atoms with van der Waals surface area (Å²) < 4.78 is 20.6. The molecular weight excluding hydrogens is 441 g/mol. The molecule has 0 fully saturated rings. The van der Waals surface area contributed by atoms with Crippen molar-refractivity contribution in [3.05, 3.63) is 36.3 Å². The molecule has 0 unspecified atom stereocenters. The van der Waals surface area contributed by atoms with Gasteiger partial charge in [0, 0.05) is 6.42 Å². The second-order valence-electron chi connectivity index (χ2n) is 8.72. The number of furan rings is 1. The molecule has 1 rings (SSSR count). The first-order chi connectivity index (χ1) is 15.9. The molecule has 0 saturated heterocycles. The predicted molar refractivity (Wildman–Crippen MR) is 132 cm³/mol. The van der Waals surface area contributed by atoms with Crippen LogP contribution in [0.5, 0.6) is 0 Å². The van der Waals surface area contributed by atoms with E-state index in [9.17, 15) is 9.36 Å². The first kappa shape index (κ1) is 29.6. The van der Waals surface area contributed by atoms with E-state index in [-0.39, 0.29) is 12.5 Å². The lowest BCUT2D eigenvalue weighted by Crippen LogP contribution is -2.39. The highest BCUT2D eigenvalue weighted by molar-refractivity contribution is 7.46. The van der Waals surface area contributed by atoms with Crippen LogP contribution in [0.3, 0.4) is 0 Å². The number of hydrogen-bond acceptors (Lipinski definition) is 4. The Balaban J connectivity index is 2.06. The van der Waals surface area contributed by atoms with Crippen molar-refractivity contribution in [3.63, 3.8) is 0 Å². The fourth-order valence-corrected chi connectivity index (χ4v) is 4.06. The molecule has 0 aromatic carbocycles. The summed E-state index contributed by atoms with van der Waals surface area (Å²) in [6.45, 7) is 1.99. The highest BCUT2D eigenvalue weighted by Crippen LogP contribution is 2.35. The van der Waals surface area contributed by atoms with E-state index < -0.39 is 13.9 Å². The van der Waals surface area contributed by atoms with E-state index in [0.717, 1.165) is 31.2 Å². The van der Waals surface area contributed by atoms with Gasteiger partial charge in [-0.2, -0.15) is 0 Å². The van der Waals surface area contributed by atoms with Gasteiger partial charge in [0.25, 0.3) is 0 Å². The Bertz CT molecular complexity index is 670. The quantitative estimate of drug-likeness (QED) is 0.105. The van der Waals surface area contributed by atoms with Crippen LogP contribution in [-0.2, 0) is 20.3 Å². The van der Waals surface area contributed by atoms with Gasteiger partial charge in [-0.25, -0.2) is 4.57 Å². The first-order valence-electron chi connectivity index (χ1n) is 12.6. The van der Waals surface area contributed by atoms with Crippen molar-refractivity contribution in [2.45, 2.75) is 109 Å². The number of phosphoric acid groups is 1. The van der Waals surface area contributed by atoms with Gasteiger partial charge in [-0.05, 0) is 50.2 Å². The zero-order valence-electron chi connectivity index (χ0n) is 20.3. The van der Waals surface area contributed by atoms with Crippen LogP contribution in [0.1, 0.15) is 102 Å². The van der Waals surface area contributed by atoms with Crippen LogP contribution < -0.4 is 5.32 Å². The summed E-state index contributed by atoms with van der Waals surface area (Å²) in [5.74, 6) is -0.129. The van der Waals surface area contributed by atoms with Gasteiger partial charge in [0.05, 0.1) is 25.2 Å². The molecule has 33 heavy (non-hydrogen) atoms. The Kier molecular flexibility index (Phi) is 17.0. The molecule has 0 spiro atoms. The molecule has 0 aliphatic carbocycles. The molecule has 0 aliphatic rings. The van der Waals surface area contributed by atoms with E-state index in [1.807, 2.05) is 0 Å². The van der Waals surface area contributed by atoms with Gasteiger partial charge in [-0.3, -0.25) is 9.32 Å². The van der Waals surface area contributed by atoms with Crippen LogP contribution in [-0.4, -0.2) is 28.3 Å². The molecule has 1 atom stereocenters. The summed E-state index contributed by atoms with van der Waals surface area (Å²) in [4.78, 5) is 30.1. The summed E-state index contributed by atoms with van der Waals surface area (Å²) in [7, 11) is -4.59. The maximum Gasteiger partial charge on any atom is 0.469 e. The monoisotopic (exact) mass is 485 g/mol. The van der Waals surface area contributed by atoms with Crippen LogP contribution in [0.2, 0.25) is 0 Å². The zero-order valence-corrected chi connectivity index (χ0v) is 21.1. The van der Waals surface area contributed by atoms with E-state index in [1.165, 1.54) is 64.1 Å². The van der Waals surface area contributed by atoms with Gasteiger partial charge in [-0.15, -0.1) is 0 Å². The van der Waals surface area contributed by atoms with Crippen molar-refractivity contribution in [3.8, 4) is 0 Å². The maximum absolute atomic E-state index is 12.2. The summed E-state index contributed by atoms with van der Waals surface area (Å²) in [6.07, 6.45) is 24.1. The van der Waals surface area contributed by atoms with Gasteiger partial charge in [0.2, 0.25) is 5.91 Å². The largest absolute Gasteiger partial charge is 0.472 e. The molecule has 7 nitrogen and oxygen atoms in total. The highest BCUT2D eigenvalue weighted by Gasteiger charge is 2.20. The molecule has 1 heterocycles. The molecule has 0 radical (unpaired) electrons. The third-order valence-corrected chi connectivity index (χ3v) is 6.02. The number of amides is 1. The minimum atomic E-state index is -4.59. The number of hydrogen-bond donors (Lipinski definition) is 3. The van der Waals surface area contributed by atoms with Crippen molar-refractivity contribution in [1.29, 1.82) is 0 Å². The van der Waals surface area contributed by atoms with Crippen molar-refractivity contribution in [2.24, 2.45) is 0 Å². The standard InChI is InChI=1S/C25H44NO6P/c1-2-3-4-5-6-7-8-9-10-11-12-13-14-15-16-17-25(27)26-24(22-32-33(28,29)30)20-23-18-19-31-21-23/h9-10,18-19,21,24H,2-8,11-17,20,22H2,1H3,(H,26,27)(H2,28,29,30)/b10-9-/t24-/m1/s1. The second-order valence-corrected chi connectivity index (χ2v) is 9.96. The average Bonchev–Trinajstić information content (AvgIpc) is 3.27. The van der Waals surface area contributed by atoms with E-state index in [4.69, 9.17) is 14.2 Å². The molecular formula is C25H44NO6P. The molecule has 1 amide bonds. The number of nitrogens with one attached hydrogen (secondary N) is 1. The Morgan fingerprint density at radius 2 is 1.64 bits per heavy atom. The normalized spacial score (nSPS) is 12.9. The van der Waals surface area contributed by atoms with Gasteiger partial charge in [0.15, 0.2) is 0 Å². The van der Waals surface area contributed by atoms with E-state index in [0.29, 0.717) is 12.8 Å². The van der Waals surface area contributed by atoms with Crippen molar-refractivity contribution < 1.29 is 28.1 Å². The van der Waals surface area contributed by atoms with E-state index in [1.54, 1.807) is 12.3 Å². The fourth-order valence-electron chi connectivity index (χ4n) is 3.69. The van der Waals surface area contributed by atoms with Gasteiger partial charge < -0.3 is 19.5 Å². The van der Waals surface area contributed by atoms with Gasteiger partial charge >= 0.3 is 7.82 Å². The maximum atomic E-state index is 12.2. The molecule has 1 aromatic heterocycles. The van der Waals surface area contributed by atoms with Crippen molar-refractivity contribution in [1.82, 2.24) is 5.32 Å². The SMILES string of the molecule is CCCCCCCC/C=C\CCCCCCCC(=O)N[C@@H](COP(=O)(O)O)Cc1ccoc1. The van der Waals surface area contributed by atoms with Crippen molar-refractivity contribution in [2.75, 3.05) is 6.61 Å². The molecule has 1 aromatic rings. The average molecular weight is 486 g/mol. The minimum Gasteiger partial charge on any atom is -0.472 e. The number of phosphoric ester groups is 1. The highest BCUT2D eigenvalue weighted by atomic mass is 31.2. The third-order valence-electron chi connectivity index (χ3n) is 5.54. The van der Waals surface area contributed by atoms with Crippen LogP contribution in [0.15, 0.2) is 35.2 Å². The number of allylic oxidation sites excluding steroid dienone is 2. The molecule has 0 aliphatic heterocycles. The van der Waals surface area contributed by atoms with Crippen LogP contribution in [0, 0.1) is 0 Å². The number of carbonyl (C=O) groups is 1. The Morgan fingerprint density at radius 3 is 2.21 bits per heavy atom. The zero-order chi connectivity index (χ0) is 24.2.